The van der Waals surface area contributed by atoms with E-state index in [1.54, 1.807) is 32.9 Å². The van der Waals surface area contributed by atoms with Gasteiger partial charge in [-0.25, -0.2) is 14.2 Å². The third-order valence-electron chi connectivity index (χ3n) is 5.24. The van der Waals surface area contributed by atoms with Crippen LogP contribution < -0.4 is 10.1 Å². The summed E-state index contributed by atoms with van der Waals surface area (Å²) in [6, 6.07) is 13.9. The van der Waals surface area contributed by atoms with E-state index in [0.29, 0.717) is 10.8 Å². The Morgan fingerprint density at radius 3 is 2.61 bits per heavy atom. The van der Waals surface area contributed by atoms with Crippen LogP contribution >= 0.6 is 11.3 Å². The first kappa shape index (κ1) is 22.7. The molecule has 1 heterocycles. The topological polar surface area (TPSA) is 88.5 Å². The Morgan fingerprint density at radius 2 is 1.91 bits per heavy atom. The quantitative estimate of drug-likeness (QED) is 0.397. The second-order valence-electron chi connectivity index (χ2n) is 8.78. The van der Waals surface area contributed by atoms with Gasteiger partial charge in [-0.15, -0.1) is 11.3 Å². The van der Waals surface area contributed by atoms with Crippen molar-refractivity contribution in [2.75, 3.05) is 0 Å². The van der Waals surface area contributed by atoms with E-state index in [2.05, 4.69) is 10.3 Å². The predicted molar refractivity (Wildman–Crippen MR) is 126 cm³/mol. The van der Waals surface area contributed by atoms with Crippen molar-refractivity contribution in [3.63, 3.8) is 0 Å². The van der Waals surface area contributed by atoms with Crippen molar-refractivity contribution in [3.8, 4) is 5.75 Å². The number of carboxylic acids is 1. The number of halogens is 1. The lowest BCUT2D eigenvalue weighted by Crippen LogP contribution is -2.49. The molecule has 0 saturated heterocycles. The van der Waals surface area contributed by atoms with Gasteiger partial charge in [-0.1, -0.05) is 39.0 Å². The molecule has 8 heteroatoms. The normalized spacial score (nSPS) is 12.6. The molecule has 0 spiro atoms. The summed E-state index contributed by atoms with van der Waals surface area (Å²) in [7, 11) is 0. The zero-order valence-electron chi connectivity index (χ0n) is 18.4. The van der Waals surface area contributed by atoms with Gasteiger partial charge in [-0.2, -0.15) is 0 Å². The van der Waals surface area contributed by atoms with Crippen LogP contribution in [0.5, 0.6) is 5.75 Å². The van der Waals surface area contributed by atoms with E-state index in [1.165, 1.54) is 29.5 Å². The van der Waals surface area contributed by atoms with Crippen molar-refractivity contribution in [2.45, 2.75) is 33.4 Å². The molecule has 0 aliphatic heterocycles. The summed E-state index contributed by atoms with van der Waals surface area (Å²) in [5, 5.41) is 14.0. The van der Waals surface area contributed by atoms with Crippen LogP contribution in [0.25, 0.3) is 21.0 Å². The number of hydrogen-bond donors (Lipinski definition) is 2. The predicted octanol–water partition coefficient (Wildman–Crippen LogP) is 5.40. The number of carboxylic acid groups (broad SMARTS) is 1. The molecule has 4 rings (SSSR count). The molecular weight excluding hydrogens is 443 g/mol. The first-order valence-electron chi connectivity index (χ1n) is 10.4. The van der Waals surface area contributed by atoms with Crippen LogP contribution in [-0.4, -0.2) is 28.0 Å². The molecule has 0 unspecified atom stereocenters. The highest BCUT2D eigenvalue weighted by atomic mass is 32.1. The van der Waals surface area contributed by atoms with Crippen LogP contribution in [0.1, 0.15) is 36.1 Å². The van der Waals surface area contributed by atoms with Crippen molar-refractivity contribution in [2.24, 2.45) is 5.41 Å². The van der Waals surface area contributed by atoms with Gasteiger partial charge in [0, 0.05) is 5.39 Å². The second-order valence-corrected chi connectivity index (χ2v) is 9.90. The van der Waals surface area contributed by atoms with Gasteiger partial charge in [0.15, 0.2) is 0 Å². The van der Waals surface area contributed by atoms with Crippen LogP contribution in [0.2, 0.25) is 0 Å². The minimum absolute atomic E-state index is 0.109. The molecule has 33 heavy (non-hydrogen) atoms. The number of rotatable bonds is 6. The molecule has 1 aromatic heterocycles. The molecule has 1 amide bonds. The number of benzene rings is 3. The maximum Gasteiger partial charge on any atom is 0.326 e. The number of thiazole rings is 1. The fraction of sp³-hybridized carbons (Fsp3) is 0.240. The van der Waals surface area contributed by atoms with Gasteiger partial charge in [-0.05, 0) is 47.2 Å². The maximum atomic E-state index is 13.8. The zero-order valence-corrected chi connectivity index (χ0v) is 19.2. The standard InChI is InChI=1S/C25H23FN2O4S/c1-25(2,3)22(24(30)31)28-23(29)17-10-8-14-12-15(26)9-11-16(14)21(17)32-13-20-27-18-6-4-5-7-19(18)33-20/h4-12,22H,13H2,1-3H3,(H,28,29)(H,30,31)/t22-/m1/s1. The van der Waals surface area contributed by atoms with Gasteiger partial charge in [0.25, 0.3) is 5.91 Å². The first-order chi connectivity index (χ1) is 15.6. The Bertz CT molecular complexity index is 1330. The van der Waals surface area contributed by atoms with Crippen LogP contribution in [0.4, 0.5) is 4.39 Å². The number of para-hydroxylation sites is 1. The second kappa shape index (κ2) is 8.78. The van der Waals surface area contributed by atoms with Gasteiger partial charge in [0.1, 0.15) is 29.2 Å². The largest absolute Gasteiger partial charge is 0.485 e. The fourth-order valence-electron chi connectivity index (χ4n) is 3.58. The van der Waals surface area contributed by atoms with E-state index in [4.69, 9.17) is 4.74 Å². The van der Waals surface area contributed by atoms with Gasteiger partial charge >= 0.3 is 5.97 Å². The Balaban J connectivity index is 1.71. The molecule has 3 aromatic carbocycles. The molecular formula is C25H23FN2O4S. The number of carbonyl (C=O) groups excluding carboxylic acids is 1. The minimum atomic E-state index is -1.13. The maximum absolute atomic E-state index is 13.8. The van der Waals surface area contributed by atoms with Gasteiger partial charge < -0.3 is 15.2 Å². The molecule has 0 saturated carbocycles. The molecule has 2 N–H and O–H groups in total. The Morgan fingerprint density at radius 1 is 1.15 bits per heavy atom. The summed E-state index contributed by atoms with van der Waals surface area (Å²) in [6.45, 7) is 5.32. The van der Waals surface area contributed by atoms with Crippen LogP contribution in [-0.2, 0) is 11.4 Å². The van der Waals surface area contributed by atoms with Crippen molar-refractivity contribution in [1.29, 1.82) is 0 Å². The lowest BCUT2D eigenvalue weighted by atomic mass is 9.86. The smallest absolute Gasteiger partial charge is 0.326 e. The number of aromatic nitrogens is 1. The summed E-state index contributed by atoms with van der Waals surface area (Å²) in [6.07, 6.45) is 0. The van der Waals surface area contributed by atoms with Gasteiger partial charge in [-0.3, -0.25) is 4.79 Å². The molecule has 0 aliphatic carbocycles. The highest BCUT2D eigenvalue weighted by molar-refractivity contribution is 7.18. The summed E-state index contributed by atoms with van der Waals surface area (Å²) in [5.41, 5.74) is 0.322. The van der Waals surface area contributed by atoms with Crippen molar-refractivity contribution in [1.82, 2.24) is 10.3 Å². The van der Waals surface area contributed by atoms with E-state index in [-0.39, 0.29) is 17.9 Å². The number of aliphatic carboxylic acids is 1. The molecule has 4 aromatic rings. The lowest BCUT2D eigenvalue weighted by Gasteiger charge is -2.28. The fourth-order valence-corrected chi connectivity index (χ4v) is 4.46. The number of hydrogen-bond acceptors (Lipinski definition) is 5. The molecule has 6 nitrogen and oxygen atoms in total. The van der Waals surface area contributed by atoms with Crippen molar-refractivity contribution >= 4 is 44.2 Å². The molecule has 0 aliphatic rings. The first-order valence-corrected chi connectivity index (χ1v) is 11.2. The molecule has 170 valence electrons. The zero-order chi connectivity index (χ0) is 23.8. The molecule has 0 bridgehead atoms. The third-order valence-corrected chi connectivity index (χ3v) is 6.25. The number of nitrogens with one attached hydrogen (secondary N) is 1. The highest BCUT2D eigenvalue weighted by Gasteiger charge is 2.33. The van der Waals surface area contributed by atoms with Gasteiger partial charge in [0.2, 0.25) is 0 Å². The van der Waals surface area contributed by atoms with Crippen LogP contribution in [0.3, 0.4) is 0 Å². The summed E-state index contributed by atoms with van der Waals surface area (Å²) in [4.78, 5) is 29.5. The van der Waals surface area contributed by atoms with Crippen molar-refractivity contribution < 1.29 is 23.8 Å². The van der Waals surface area contributed by atoms with Crippen LogP contribution in [0, 0.1) is 11.2 Å². The monoisotopic (exact) mass is 466 g/mol. The van der Waals surface area contributed by atoms with E-state index < -0.39 is 29.2 Å². The Labute approximate surface area is 194 Å². The molecule has 0 radical (unpaired) electrons. The number of carbonyl (C=O) groups is 2. The highest BCUT2D eigenvalue weighted by Crippen LogP contribution is 2.33. The summed E-state index contributed by atoms with van der Waals surface area (Å²) < 4.78 is 20.9. The SMILES string of the molecule is CC(C)(C)[C@H](NC(=O)c1ccc2cc(F)ccc2c1OCc1nc2ccccc2s1)C(=O)O. The summed E-state index contributed by atoms with van der Waals surface area (Å²) >= 11 is 1.48. The number of nitrogens with zero attached hydrogens (tertiary/aromatic N) is 1. The number of fused-ring (bicyclic) bond motifs is 2. The Kier molecular flexibility index (Phi) is 6.03. The van der Waals surface area contributed by atoms with E-state index in [9.17, 15) is 19.1 Å². The average molecular weight is 467 g/mol. The molecule has 0 fully saturated rings. The number of amides is 1. The van der Waals surface area contributed by atoms with Gasteiger partial charge in [0.05, 0.1) is 15.8 Å². The summed E-state index contributed by atoms with van der Waals surface area (Å²) in [5.74, 6) is -1.86. The average Bonchev–Trinajstić information content (AvgIpc) is 3.17. The van der Waals surface area contributed by atoms with E-state index >= 15 is 0 Å². The van der Waals surface area contributed by atoms with Crippen molar-refractivity contribution in [3.05, 3.63) is 71.0 Å². The van der Waals surface area contributed by atoms with E-state index in [1.807, 2.05) is 24.3 Å². The molecule has 1 atom stereocenters. The minimum Gasteiger partial charge on any atom is -0.485 e. The van der Waals surface area contributed by atoms with Crippen LogP contribution in [0.15, 0.2) is 54.6 Å². The Hall–Kier alpha value is -3.52. The third kappa shape index (κ3) is 4.80. The number of ether oxygens (including phenoxy) is 1. The van der Waals surface area contributed by atoms with E-state index in [0.717, 1.165) is 15.2 Å². The lowest BCUT2D eigenvalue weighted by molar-refractivity contribution is -0.142.